The van der Waals surface area contributed by atoms with E-state index in [1.165, 1.54) is 0 Å². The van der Waals surface area contributed by atoms with Gasteiger partial charge in [0.2, 0.25) is 6.23 Å². The van der Waals surface area contributed by atoms with Gasteiger partial charge in [-0.15, -0.1) is 0 Å². The van der Waals surface area contributed by atoms with Gasteiger partial charge in [-0.3, -0.25) is 0 Å². The molecule has 29 heavy (non-hydrogen) atoms. The number of rotatable bonds is 3. The summed E-state index contributed by atoms with van der Waals surface area (Å²) in [5.74, 6) is 1.66. The molecule has 2 aliphatic rings. The van der Waals surface area contributed by atoms with Crippen LogP contribution in [0.25, 0.3) is 0 Å². The number of methoxy groups -OCH3 is 1. The summed E-state index contributed by atoms with van der Waals surface area (Å²) in [7, 11) is 1.66. The Labute approximate surface area is 179 Å². The molecule has 0 fully saturated rings. The van der Waals surface area contributed by atoms with Gasteiger partial charge in [-0.05, 0) is 30.3 Å². The first kappa shape index (κ1) is 18.3. The summed E-state index contributed by atoms with van der Waals surface area (Å²) in [6.07, 6.45) is 0.385. The summed E-state index contributed by atoms with van der Waals surface area (Å²) in [6, 6.07) is 21.6. The molecule has 5 rings (SSSR count). The van der Waals surface area contributed by atoms with E-state index < -0.39 is 0 Å². The normalized spacial score (nSPS) is 19.8. The van der Waals surface area contributed by atoms with E-state index in [0.717, 1.165) is 40.3 Å². The zero-order valence-corrected chi connectivity index (χ0v) is 17.2. The fourth-order valence-electron chi connectivity index (χ4n) is 3.94. The molecule has 0 unspecified atom stereocenters. The topological polar surface area (TPSA) is 34.1 Å². The maximum Gasteiger partial charge on any atom is 0.214 e. The Morgan fingerprint density at radius 1 is 1.03 bits per heavy atom. The van der Waals surface area contributed by atoms with Crippen LogP contribution in [-0.2, 0) is 0 Å². The molecule has 0 aliphatic carbocycles. The molecule has 0 saturated heterocycles. The van der Waals surface area contributed by atoms with Crippen molar-refractivity contribution in [3.63, 3.8) is 0 Å². The fourth-order valence-corrected chi connectivity index (χ4v) is 4.45. The molecule has 2 atom stereocenters. The Bertz CT molecular complexity index is 1120. The molecule has 6 heteroatoms. The Hall–Kier alpha value is -2.69. The van der Waals surface area contributed by atoms with Gasteiger partial charge >= 0.3 is 0 Å². The van der Waals surface area contributed by atoms with Gasteiger partial charge in [-0.2, -0.15) is 5.10 Å². The molecule has 0 amide bonds. The minimum absolute atomic E-state index is 0.0675. The Morgan fingerprint density at radius 3 is 2.72 bits per heavy atom. The van der Waals surface area contributed by atoms with Gasteiger partial charge in [0.1, 0.15) is 11.5 Å². The molecule has 2 aliphatic heterocycles. The molecule has 0 bridgehead atoms. The van der Waals surface area contributed by atoms with Crippen molar-refractivity contribution in [2.75, 3.05) is 7.11 Å². The summed E-state index contributed by atoms with van der Waals surface area (Å²) in [5.41, 5.74) is 3.92. The van der Waals surface area contributed by atoms with Gasteiger partial charge in [-0.1, -0.05) is 59.6 Å². The number of hydrazone groups is 1. The smallest absolute Gasteiger partial charge is 0.214 e. The van der Waals surface area contributed by atoms with Crippen LogP contribution in [0.15, 0.2) is 71.8 Å². The van der Waals surface area contributed by atoms with Crippen molar-refractivity contribution < 1.29 is 9.47 Å². The Balaban J connectivity index is 1.60. The second-order valence-corrected chi connectivity index (χ2v) is 7.90. The molecule has 3 aromatic carbocycles. The Morgan fingerprint density at radius 2 is 1.90 bits per heavy atom. The quantitative estimate of drug-likeness (QED) is 0.498. The number of halogens is 2. The third-order valence-corrected chi connectivity index (χ3v) is 5.87. The SMILES string of the molecule is COc1cccc([C@@H]2Oc3ccccc3[C@@H]3CC(c4ccc(Cl)cc4Cl)=NN32)c1. The predicted molar refractivity (Wildman–Crippen MR) is 115 cm³/mol. The highest BCUT2D eigenvalue weighted by Gasteiger charge is 2.41. The van der Waals surface area contributed by atoms with E-state index in [-0.39, 0.29) is 12.3 Å². The lowest BCUT2D eigenvalue weighted by molar-refractivity contribution is -0.0191. The highest BCUT2D eigenvalue weighted by molar-refractivity contribution is 6.37. The number of benzene rings is 3. The average Bonchev–Trinajstić information content (AvgIpc) is 3.18. The van der Waals surface area contributed by atoms with Crippen LogP contribution in [0, 0.1) is 0 Å². The lowest BCUT2D eigenvalue weighted by Gasteiger charge is -2.38. The molecule has 0 N–H and O–H groups in total. The molecular weight excluding hydrogens is 407 g/mol. The second-order valence-electron chi connectivity index (χ2n) is 7.06. The van der Waals surface area contributed by atoms with Crippen molar-refractivity contribution in [1.29, 1.82) is 0 Å². The van der Waals surface area contributed by atoms with Crippen LogP contribution in [0.4, 0.5) is 0 Å². The minimum atomic E-state index is -0.353. The van der Waals surface area contributed by atoms with Crippen LogP contribution in [0.2, 0.25) is 10.0 Å². The van der Waals surface area contributed by atoms with E-state index in [9.17, 15) is 0 Å². The summed E-state index contributed by atoms with van der Waals surface area (Å²) in [5, 5.41) is 8.17. The molecule has 3 aromatic rings. The number of para-hydroxylation sites is 1. The largest absolute Gasteiger partial charge is 0.497 e. The highest BCUT2D eigenvalue weighted by Crippen LogP contribution is 2.48. The zero-order valence-electron chi connectivity index (χ0n) is 15.7. The number of hydrogen-bond donors (Lipinski definition) is 0. The molecule has 0 saturated carbocycles. The zero-order chi connectivity index (χ0) is 20.0. The average molecular weight is 425 g/mol. The van der Waals surface area contributed by atoms with Crippen molar-refractivity contribution >= 4 is 28.9 Å². The first-order valence-corrected chi connectivity index (χ1v) is 10.1. The summed E-state index contributed by atoms with van der Waals surface area (Å²) in [6.45, 7) is 0. The van der Waals surface area contributed by atoms with Crippen molar-refractivity contribution in [2.24, 2.45) is 5.10 Å². The van der Waals surface area contributed by atoms with E-state index in [4.69, 9.17) is 37.8 Å². The van der Waals surface area contributed by atoms with Gasteiger partial charge in [0.25, 0.3) is 0 Å². The van der Waals surface area contributed by atoms with Gasteiger partial charge < -0.3 is 9.47 Å². The van der Waals surface area contributed by atoms with E-state index in [0.29, 0.717) is 10.0 Å². The third-order valence-electron chi connectivity index (χ3n) is 5.32. The Kier molecular flexibility index (Phi) is 4.61. The van der Waals surface area contributed by atoms with Crippen molar-refractivity contribution in [2.45, 2.75) is 18.7 Å². The van der Waals surface area contributed by atoms with E-state index in [1.54, 1.807) is 13.2 Å². The minimum Gasteiger partial charge on any atom is -0.497 e. The van der Waals surface area contributed by atoms with Gasteiger partial charge in [0.15, 0.2) is 0 Å². The van der Waals surface area contributed by atoms with E-state index in [1.807, 2.05) is 59.6 Å². The fraction of sp³-hybridized carbons (Fsp3) is 0.174. The van der Waals surface area contributed by atoms with Crippen molar-refractivity contribution in [1.82, 2.24) is 5.01 Å². The number of ether oxygens (including phenoxy) is 2. The monoisotopic (exact) mass is 424 g/mol. The van der Waals surface area contributed by atoms with Crippen LogP contribution in [0.5, 0.6) is 11.5 Å². The number of nitrogens with zero attached hydrogens (tertiary/aromatic N) is 2. The second kappa shape index (κ2) is 7.29. The molecule has 146 valence electrons. The van der Waals surface area contributed by atoms with Gasteiger partial charge in [0.05, 0.1) is 23.9 Å². The number of hydrogen-bond acceptors (Lipinski definition) is 4. The van der Waals surface area contributed by atoms with Crippen LogP contribution in [0.1, 0.15) is 35.4 Å². The molecular formula is C23H18Cl2N2O2. The molecule has 2 heterocycles. The first-order chi connectivity index (χ1) is 14.1. The van der Waals surface area contributed by atoms with Crippen molar-refractivity contribution in [3.05, 3.63) is 93.5 Å². The first-order valence-electron chi connectivity index (χ1n) is 9.35. The van der Waals surface area contributed by atoms with E-state index in [2.05, 4.69) is 6.07 Å². The lowest BCUT2D eigenvalue weighted by atomic mass is 9.96. The van der Waals surface area contributed by atoms with E-state index >= 15 is 0 Å². The van der Waals surface area contributed by atoms with Crippen LogP contribution in [-0.4, -0.2) is 17.8 Å². The van der Waals surface area contributed by atoms with Crippen LogP contribution in [0.3, 0.4) is 0 Å². The molecule has 4 nitrogen and oxygen atoms in total. The summed E-state index contributed by atoms with van der Waals surface area (Å²) >= 11 is 12.5. The number of fused-ring (bicyclic) bond motifs is 3. The summed E-state index contributed by atoms with van der Waals surface area (Å²) in [4.78, 5) is 0. The van der Waals surface area contributed by atoms with Crippen LogP contribution >= 0.6 is 23.2 Å². The third kappa shape index (κ3) is 3.22. The highest BCUT2D eigenvalue weighted by atomic mass is 35.5. The maximum atomic E-state index is 6.47. The van der Waals surface area contributed by atoms with Gasteiger partial charge in [0, 0.05) is 28.1 Å². The van der Waals surface area contributed by atoms with Gasteiger partial charge in [-0.25, -0.2) is 5.01 Å². The molecule has 0 aromatic heterocycles. The standard InChI is InChI=1S/C23H18Cl2N2O2/c1-28-16-6-4-5-14(11-16)23-27-21(18-7-2-3-8-22(18)29-23)13-20(26-27)17-10-9-15(24)12-19(17)25/h2-12,21,23H,13H2,1H3/t21-,23-/m0/s1. The van der Waals surface area contributed by atoms with Crippen molar-refractivity contribution in [3.8, 4) is 11.5 Å². The molecule has 0 spiro atoms. The summed E-state index contributed by atoms with van der Waals surface area (Å²) < 4.78 is 11.8. The maximum absolute atomic E-state index is 6.47. The molecule has 0 radical (unpaired) electrons. The van der Waals surface area contributed by atoms with Crippen LogP contribution < -0.4 is 9.47 Å². The predicted octanol–water partition coefficient (Wildman–Crippen LogP) is 6.24. The lowest BCUT2D eigenvalue weighted by Crippen LogP contribution is -2.33.